The molecule has 0 fully saturated rings. The molecule has 0 atom stereocenters. The summed E-state index contributed by atoms with van der Waals surface area (Å²) in [5.41, 5.74) is 2.83. The van der Waals surface area contributed by atoms with E-state index in [1.165, 1.54) is 0 Å². The molecule has 4 aromatic rings. The highest BCUT2D eigenvalue weighted by Crippen LogP contribution is 2.26. The molecule has 0 saturated carbocycles. The second-order valence-electron chi connectivity index (χ2n) is 6.40. The molecule has 27 heavy (non-hydrogen) atoms. The van der Waals surface area contributed by atoms with Crippen molar-refractivity contribution in [2.75, 3.05) is 19.0 Å². The number of nitrogens with one attached hydrogen (secondary N) is 1. The van der Waals surface area contributed by atoms with E-state index < -0.39 is 0 Å². The number of ether oxygens (including phenoxy) is 1. The van der Waals surface area contributed by atoms with Gasteiger partial charge in [-0.15, -0.1) is 0 Å². The van der Waals surface area contributed by atoms with Crippen LogP contribution < -0.4 is 5.32 Å². The molecule has 0 unspecified atom stereocenters. The van der Waals surface area contributed by atoms with Crippen molar-refractivity contribution in [2.45, 2.75) is 13.1 Å². The standard InChI is InChI=1S/C21H20ClN3O2/c1-27-13-12-24-10-9-16-18(5-3-7-20(16)24)23-21(26)14-25-11-8-15-17(22)4-2-6-19(15)25/h2-11H,12-14H2,1H3,(H,23,26). The summed E-state index contributed by atoms with van der Waals surface area (Å²) in [6.07, 6.45) is 3.90. The molecule has 1 amide bonds. The number of carbonyl (C=O) groups is 1. The Labute approximate surface area is 162 Å². The average Bonchev–Trinajstić information content (AvgIpc) is 3.26. The number of carbonyl (C=O) groups excluding carboxylic acids is 1. The van der Waals surface area contributed by atoms with Crippen molar-refractivity contribution < 1.29 is 9.53 Å². The zero-order valence-electron chi connectivity index (χ0n) is 15.0. The van der Waals surface area contributed by atoms with Gasteiger partial charge in [-0.25, -0.2) is 0 Å². The largest absolute Gasteiger partial charge is 0.383 e. The number of aromatic nitrogens is 2. The Hall–Kier alpha value is -2.76. The van der Waals surface area contributed by atoms with Crippen LogP contribution in [0.25, 0.3) is 21.8 Å². The summed E-state index contributed by atoms with van der Waals surface area (Å²) in [6.45, 7) is 1.64. The van der Waals surface area contributed by atoms with Crippen molar-refractivity contribution in [3.63, 3.8) is 0 Å². The van der Waals surface area contributed by atoms with Gasteiger partial charge >= 0.3 is 0 Å². The summed E-state index contributed by atoms with van der Waals surface area (Å²) in [6, 6.07) is 15.6. The Morgan fingerprint density at radius 1 is 1.00 bits per heavy atom. The number of nitrogens with zero attached hydrogens (tertiary/aromatic N) is 2. The maximum Gasteiger partial charge on any atom is 0.244 e. The second-order valence-corrected chi connectivity index (χ2v) is 6.81. The number of hydrogen-bond acceptors (Lipinski definition) is 2. The van der Waals surface area contributed by atoms with Crippen LogP contribution in [0.15, 0.2) is 60.9 Å². The van der Waals surface area contributed by atoms with Crippen molar-refractivity contribution in [2.24, 2.45) is 0 Å². The number of amides is 1. The van der Waals surface area contributed by atoms with Crippen LogP contribution in [0.4, 0.5) is 5.69 Å². The smallest absolute Gasteiger partial charge is 0.244 e. The quantitative estimate of drug-likeness (QED) is 0.533. The summed E-state index contributed by atoms with van der Waals surface area (Å²) in [5, 5.41) is 5.69. The van der Waals surface area contributed by atoms with Gasteiger partial charge in [0.05, 0.1) is 17.8 Å². The van der Waals surface area contributed by atoms with Crippen molar-refractivity contribution in [1.29, 1.82) is 0 Å². The highest BCUT2D eigenvalue weighted by atomic mass is 35.5. The summed E-state index contributed by atoms with van der Waals surface area (Å²) >= 11 is 6.22. The minimum Gasteiger partial charge on any atom is -0.383 e. The summed E-state index contributed by atoms with van der Waals surface area (Å²) in [4.78, 5) is 12.6. The minimum absolute atomic E-state index is 0.0791. The third kappa shape index (κ3) is 3.44. The molecule has 4 rings (SSSR count). The number of anilines is 1. The number of benzene rings is 2. The van der Waals surface area contributed by atoms with E-state index in [9.17, 15) is 4.79 Å². The maximum absolute atomic E-state index is 12.6. The number of hydrogen-bond donors (Lipinski definition) is 1. The Morgan fingerprint density at radius 3 is 2.52 bits per heavy atom. The molecule has 0 aliphatic rings. The van der Waals surface area contributed by atoms with Gasteiger partial charge in [0.15, 0.2) is 0 Å². The van der Waals surface area contributed by atoms with Gasteiger partial charge in [-0.2, -0.15) is 0 Å². The topological polar surface area (TPSA) is 48.2 Å². The van der Waals surface area contributed by atoms with Crippen LogP contribution in [0.5, 0.6) is 0 Å². The molecule has 5 nitrogen and oxygen atoms in total. The first-order valence-electron chi connectivity index (χ1n) is 8.77. The van der Waals surface area contributed by atoms with Crippen LogP contribution in [0.3, 0.4) is 0 Å². The predicted molar refractivity (Wildman–Crippen MR) is 109 cm³/mol. The molecule has 0 saturated heterocycles. The van der Waals surface area contributed by atoms with E-state index in [0.717, 1.165) is 34.0 Å². The van der Waals surface area contributed by atoms with Crippen LogP contribution in [-0.2, 0) is 22.6 Å². The first-order chi connectivity index (χ1) is 13.2. The van der Waals surface area contributed by atoms with Crippen LogP contribution >= 0.6 is 11.6 Å². The maximum atomic E-state index is 12.6. The van der Waals surface area contributed by atoms with Crippen LogP contribution in [0.1, 0.15) is 0 Å². The SMILES string of the molecule is COCCn1ccc2c(NC(=O)Cn3ccc4c(Cl)cccc43)cccc21. The number of rotatable bonds is 6. The number of fused-ring (bicyclic) bond motifs is 2. The summed E-state index contributed by atoms with van der Waals surface area (Å²) in [7, 11) is 1.69. The molecule has 1 N–H and O–H groups in total. The van der Waals surface area contributed by atoms with Crippen molar-refractivity contribution >= 4 is 45.0 Å². The molecule has 0 spiro atoms. The van der Waals surface area contributed by atoms with E-state index in [1.54, 1.807) is 7.11 Å². The Balaban J connectivity index is 1.56. The van der Waals surface area contributed by atoms with Crippen LogP contribution in [0.2, 0.25) is 5.02 Å². The monoisotopic (exact) mass is 381 g/mol. The summed E-state index contributed by atoms with van der Waals surface area (Å²) in [5.74, 6) is -0.0791. The normalized spacial score (nSPS) is 11.3. The lowest BCUT2D eigenvalue weighted by atomic mass is 10.2. The lowest BCUT2D eigenvalue weighted by Crippen LogP contribution is -2.18. The van der Waals surface area contributed by atoms with E-state index in [4.69, 9.17) is 16.3 Å². The van der Waals surface area contributed by atoms with Gasteiger partial charge in [-0.05, 0) is 36.4 Å². The Bertz CT molecular complexity index is 1110. The van der Waals surface area contributed by atoms with E-state index in [0.29, 0.717) is 11.6 Å². The fourth-order valence-corrected chi connectivity index (χ4v) is 3.62. The number of methoxy groups -OCH3 is 1. The molecular formula is C21H20ClN3O2. The Kier molecular flexibility index (Phi) is 4.88. The van der Waals surface area contributed by atoms with E-state index in [-0.39, 0.29) is 12.5 Å². The molecule has 138 valence electrons. The first-order valence-corrected chi connectivity index (χ1v) is 9.15. The highest BCUT2D eigenvalue weighted by Gasteiger charge is 2.11. The fourth-order valence-electron chi connectivity index (χ4n) is 3.39. The van der Waals surface area contributed by atoms with Crippen molar-refractivity contribution in [1.82, 2.24) is 9.13 Å². The lowest BCUT2D eigenvalue weighted by molar-refractivity contribution is -0.116. The van der Waals surface area contributed by atoms with Gasteiger partial charge in [0.2, 0.25) is 5.91 Å². The number of halogens is 1. The van der Waals surface area contributed by atoms with Gasteiger partial charge in [-0.3, -0.25) is 4.79 Å². The first kappa shape index (κ1) is 17.6. The highest BCUT2D eigenvalue weighted by molar-refractivity contribution is 6.35. The van der Waals surface area contributed by atoms with Crippen molar-refractivity contribution in [3.8, 4) is 0 Å². The fraction of sp³-hybridized carbons (Fsp3) is 0.190. The second kappa shape index (κ2) is 7.47. The molecule has 2 heterocycles. The summed E-state index contributed by atoms with van der Waals surface area (Å²) < 4.78 is 9.18. The van der Waals surface area contributed by atoms with Gasteiger partial charge in [0, 0.05) is 47.4 Å². The molecule has 0 bridgehead atoms. The zero-order valence-corrected chi connectivity index (χ0v) is 15.7. The molecular weight excluding hydrogens is 362 g/mol. The third-order valence-electron chi connectivity index (χ3n) is 4.70. The molecule has 0 aliphatic heterocycles. The molecule has 6 heteroatoms. The van der Waals surface area contributed by atoms with Crippen LogP contribution in [-0.4, -0.2) is 28.8 Å². The van der Waals surface area contributed by atoms with Crippen molar-refractivity contribution in [3.05, 3.63) is 65.9 Å². The molecule has 0 radical (unpaired) electrons. The minimum atomic E-state index is -0.0791. The van der Waals surface area contributed by atoms with Gasteiger partial charge < -0.3 is 19.2 Å². The van der Waals surface area contributed by atoms with Crippen LogP contribution in [0, 0.1) is 0 Å². The van der Waals surface area contributed by atoms with E-state index in [2.05, 4.69) is 9.88 Å². The Morgan fingerprint density at radius 2 is 1.70 bits per heavy atom. The van der Waals surface area contributed by atoms with E-state index in [1.807, 2.05) is 65.5 Å². The average molecular weight is 382 g/mol. The molecule has 2 aromatic heterocycles. The predicted octanol–water partition coefficient (Wildman–Crippen LogP) is 4.53. The molecule has 2 aromatic carbocycles. The van der Waals surface area contributed by atoms with Gasteiger partial charge in [0.1, 0.15) is 6.54 Å². The lowest BCUT2D eigenvalue weighted by Gasteiger charge is -2.10. The van der Waals surface area contributed by atoms with Gasteiger partial charge in [0.25, 0.3) is 0 Å². The third-order valence-corrected chi connectivity index (χ3v) is 5.03. The molecule has 0 aliphatic carbocycles. The zero-order chi connectivity index (χ0) is 18.8. The van der Waals surface area contributed by atoms with E-state index >= 15 is 0 Å². The van der Waals surface area contributed by atoms with Gasteiger partial charge in [-0.1, -0.05) is 23.7 Å².